The Hall–Kier alpha value is -3.94. The first-order valence-corrected chi connectivity index (χ1v) is 9.59. The fraction of sp³-hybridized carbons (Fsp3) is 0.182. The van der Waals surface area contributed by atoms with Crippen molar-refractivity contribution in [1.29, 1.82) is 0 Å². The van der Waals surface area contributed by atoms with Crippen molar-refractivity contribution in [2.45, 2.75) is 25.3 Å². The Bertz CT molecular complexity index is 1310. The number of carbonyl (C=O) groups excluding carboxylic acids is 1. The molecular weight excluding hydrogens is 384 g/mol. The third-order valence-corrected chi connectivity index (χ3v) is 5.41. The van der Waals surface area contributed by atoms with Crippen molar-refractivity contribution < 1.29 is 14.3 Å². The summed E-state index contributed by atoms with van der Waals surface area (Å²) >= 11 is 0. The van der Waals surface area contributed by atoms with E-state index in [4.69, 9.17) is 4.42 Å². The number of ketones is 1. The van der Waals surface area contributed by atoms with Gasteiger partial charge in [-0.3, -0.25) is 14.6 Å². The van der Waals surface area contributed by atoms with Gasteiger partial charge in [0.05, 0.1) is 18.2 Å². The van der Waals surface area contributed by atoms with E-state index in [9.17, 15) is 14.7 Å². The van der Waals surface area contributed by atoms with Crippen LogP contribution in [0.1, 0.15) is 39.6 Å². The zero-order chi connectivity index (χ0) is 20.7. The molecule has 0 bridgehead atoms. The maximum absolute atomic E-state index is 12.9. The molecule has 3 heterocycles. The average molecular weight is 402 g/mol. The topological polar surface area (TPSA) is 121 Å². The van der Waals surface area contributed by atoms with Crippen LogP contribution in [0.25, 0.3) is 11.0 Å². The standard InChI is InChI=1S/C22H18N4O4/c27-17-6-2-1-5-14(17)12-8-15-16(18(28)9-12)11-23-20-19(15)21(29)26-22(25-20)24-10-13-4-3-7-30-13/h1-7,11-12,27H,8-10H2,(H2,23,24,25,26,29)/t12-/m0/s1. The minimum absolute atomic E-state index is 0.0988. The van der Waals surface area contributed by atoms with Crippen molar-refractivity contribution in [1.82, 2.24) is 15.0 Å². The second-order valence-electron chi connectivity index (χ2n) is 7.28. The monoisotopic (exact) mass is 402 g/mol. The average Bonchev–Trinajstić information content (AvgIpc) is 3.26. The molecule has 0 saturated heterocycles. The smallest absolute Gasteiger partial charge is 0.262 e. The summed E-state index contributed by atoms with van der Waals surface area (Å²) in [7, 11) is 0. The zero-order valence-corrected chi connectivity index (χ0v) is 15.9. The second-order valence-corrected chi connectivity index (χ2v) is 7.28. The summed E-state index contributed by atoms with van der Waals surface area (Å²) in [5, 5.41) is 13.5. The van der Waals surface area contributed by atoms with Crippen LogP contribution in [0.2, 0.25) is 0 Å². The lowest BCUT2D eigenvalue weighted by molar-refractivity contribution is 0.0964. The van der Waals surface area contributed by atoms with Crippen LogP contribution in [0, 0.1) is 0 Å². The number of pyridine rings is 1. The van der Waals surface area contributed by atoms with Gasteiger partial charge in [-0.05, 0) is 41.7 Å². The Kier molecular flexibility index (Phi) is 4.31. The van der Waals surface area contributed by atoms with Gasteiger partial charge in [0, 0.05) is 18.2 Å². The van der Waals surface area contributed by atoms with Gasteiger partial charge < -0.3 is 14.8 Å². The number of aromatic hydroxyl groups is 1. The normalized spacial score (nSPS) is 15.9. The maximum Gasteiger partial charge on any atom is 0.262 e. The maximum atomic E-state index is 12.9. The number of anilines is 1. The third-order valence-electron chi connectivity index (χ3n) is 5.41. The molecule has 8 nitrogen and oxygen atoms in total. The molecule has 1 aliphatic rings. The molecule has 0 radical (unpaired) electrons. The number of furan rings is 1. The highest BCUT2D eigenvalue weighted by Crippen LogP contribution is 2.37. The quantitative estimate of drug-likeness (QED) is 0.479. The number of benzene rings is 1. The Morgan fingerprint density at radius 2 is 2.03 bits per heavy atom. The zero-order valence-electron chi connectivity index (χ0n) is 15.9. The molecule has 1 aromatic carbocycles. The van der Waals surface area contributed by atoms with Crippen LogP contribution >= 0.6 is 0 Å². The minimum Gasteiger partial charge on any atom is -0.508 e. The number of aromatic amines is 1. The lowest BCUT2D eigenvalue weighted by Gasteiger charge is -2.25. The molecule has 0 saturated carbocycles. The van der Waals surface area contributed by atoms with Crippen molar-refractivity contribution in [2.24, 2.45) is 0 Å². The van der Waals surface area contributed by atoms with Crippen LogP contribution < -0.4 is 10.9 Å². The number of H-pyrrole nitrogens is 1. The SMILES string of the molecule is O=C1C[C@@H](c2ccccc2O)Cc2c1cnc1nc(NCc3ccco3)[nH]c(=O)c21. The number of para-hydroxylation sites is 1. The van der Waals surface area contributed by atoms with Gasteiger partial charge in [0.2, 0.25) is 5.95 Å². The molecule has 4 aromatic rings. The van der Waals surface area contributed by atoms with Gasteiger partial charge in [-0.15, -0.1) is 0 Å². The number of Topliss-reactive ketones (excluding diaryl/α,β-unsaturated/α-hetero) is 1. The molecule has 3 aromatic heterocycles. The third kappa shape index (κ3) is 3.12. The van der Waals surface area contributed by atoms with Crippen LogP contribution in [-0.4, -0.2) is 25.8 Å². The number of hydrogen-bond donors (Lipinski definition) is 3. The second kappa shape index (κ2) is 7.14. The van der Waals surface area contributed by atoms with Gasteiger partial charge in [0.25, 0.3) is 5.56 Å². The number of nitrogens with zero attached hydrogens (tertiary/aromatic N) is 2. The van der Waals surface area contributed by atoms with Gasteiger partial charge in [-0.1, -0.05) is 18.2 Å². The summed E-state index contributed by atoms with van der Waals surface area (Å²) in [5.74, 6) is 0.808. The number of carbonyl (C=O) groups is 1. The van der Waals surface area contributed by atoms with Crippen LogP contribution in [0.3, 0.4) is 0 Å². The first-order chi connectivity index (χ1) is 14.6. The van der Waals surface area contributed by atoms with Gasteiger partial charge in [-0.2, -0.15) is 4.98 Å². The van der Waals surface area contributed by atoms with Crippen molar-refractivity contribution >= 4 is 22.8 Å². The van der Waals surface area contributed by atoms with E-state index in [0.29, 0.717) is 40.8 Å². The summed E-state index contributed by atoms with van der Waals surface area (Å²) in [6, 6.07) is 10.6. The van der Waals surface area contributed by atoms with Crippen molar-refractivity contribution in [3.8, 4) is 5.75 Å². The van der Waals surface area contributed by atoms with Crippen molar-refractivity contribution in [3.63, 3.8) is 0 Å². The highest BCUT2D eigenvalue weighted by Gasteiger charge is 2.30. The molecule has 0 aliphatic heterocycles. The van der Waals surface area contributed by atoms with E-state index in [0.717, 1.165) is 0 Å². The molecule has 0 fully saturated rings. The lowest BCUT2D eigenvalue weighted by Crippen LogP contribution is -2.23. The van der Waals surface area contributed by atoms with E-state index in [2.05, 4.69) is 20.3 Å². The number of fused-ring (bicyclic) bond motifs is 3. The Balaban J connectivity index is 1.54. The molecular formula is C22H18N4O4. The first kappa shape index (κ1) is 18.1. The fourth-order valence-electron chi connectivity index (χ4n) is 3.99. The first-order valence-electron chi connectivity index (χ1n) is 9.59. The highest BCUT2D eigenvalue weighted by molar-refractivity contribution is 6.02. The fourth-order valence-corrected chi connectivity index (χ4v) is 3.99. The summed E-state index contributed by atoms with van der Waals surface area (Å²) < 4.78 is 5.27. The van der Waals surface area contributed by atoms with E-state index in [1.54, 1.807) is 30.5 Å². The molecule has 3 N–H and O–H groups in total. The van der Waals surface area contributed by atoms with Crippen LogP contribution in [0.4, 0.5) is 5.95 Å². The summed E-state index contributed by atoms with van der Waals surface area (Å²) in [5.41, 5.74) is 1.67. The van der Waals surface area contributed by atoms with Gasteiger partial charge in [0.1, 0.15) is 11.5 Å². The predicted molar refractivity (Wildman–Crippen MR) is 110 cm³/mol. The van der Waals surface area contributed by atoms with Gasteiger partial charge in [-0.25, -0.2) is 4.98 Å². The lowest BCUT2D eigenvalue weighted by atomic mass is 9.79. The number of aromatic nitrogens is 3. The number of phenols is 1. The van der Waals surface area contributed by atoms with Crippen LogP contribution in [0.5, 0.6) is 5.75 Å². The van der Waals surface area contributed by atoms with E-state index in [1.807, 2.05) is 12.1 Å². The van der Waals surface area contributed by atoms with Crippen LogP contribution in [-0.2, 0) is 13.0 Å². The summed E-state index contributed by atoms with van der Waals surface area (Å²) in [6.07, 6.45) is 3.76. The summed E-state index contributed by atoms with van der Waals surface area (Å²) in [6.45, 7) is 0.361. The largest absolute Gasteiger partial charge is 0.508 e. The van der Waals surface area contributed by atoms with Gasteiger partial charge >= 0.3 is 0 Å². The molecule has 8 heteroatoms. The van der Waals surface area contributed by atoms with Gasteiger partial charge in [0.15, 0.2) is 11.4 Å². The number of hydrogen-bond acceptors (Lipinski definition) is 7. The minimum atomic E-state index is -0.364. The molecule has 0 unspecified atom stereocenters. The number of phenolic OH excluding ortho intramolecular Hbond substituents is 1. The molecule has 150 valence electrons. The molecule has 0 amide bonds. The Labute approximate surface area is 170 Å². The van der Waals surface area contributed by atoms with E-state index >= 15 is 0 Å². The van der Waals surface area contributed by atoms with Crippen molar-refractivity contribution in [2.75, 3.05) is 5.32 Å². The van der Waals surface area contributed by atoms with Crippen molar-refractivity contribution in [3.05, 3.63) is 81.7 Å². The predicted octanol–water partition coefficient (Wildman–Crippen LogP) is 3.14. The van der Waals surface area contributed by atoms with Crippen LogP contribution in [0.15, 0.2) is 58.1 Å². The molecule has 5 rings (SSSR count). The van der Waals surface area contributed by atoms with E-state index < -0.39 is 0 Å². The number of nitrogens with one attached hydrogen (secondary N) is 2. The highest BCUT2D eigenvalue weighted by atomic mass is 16.3. The van der Waals surface area contributed by atoms with E-state index in [1.165, 1.54) is 6.20 Å². The molecule has 1 aliphatic carbocycles. The Morgan fingerprint density at radius 3 is 2.83 bits per heavy atom. The number of rotatable bonds is 4. The molecule has 30 heavy (non-hydrogen) atoms. The molecule has 1 atom stereocenters. The van der Waals surface area contributed by atoms with E-state index in [-0.39, 0.29) is 41.0 Å². The molecule has 0 spiro atoms. The Morgan fingerprint density at radius 1 is 1.17 bits per heavy atom. The summed E-state index contributed by atoms with van der Waals surface area (Å²) in [4.78, 5) is 37.0.